The molecule has 0 radical (unpaired) electrons. The second kappa shape index (κ2) is 5.69. The molecule has 0 saturated carbocycles. The van der Waals surface area contributed by atoms with E-state index in [-0.39, 0.29) is 22.0 Å². The molecule has 1 aromatic heterocycles. The van der Waals surface area contributed by atoms with Crippen molar-refractivity contribution in [3.8, 4) is 17.1 Å². The number of rotatable bonds is 3. The number of carbonyl (C=O) groups is 1. The minimum absolute atomic E-state index is 0.00725. The average molecular weight is 334 g/mol. The number of aromatic amines is 1. The maximum Gasteiger partial charge on any atom is 0.348 e. The molecule has 0 atom stereocenters. The lowest BCUT2D eigenvalue weighted by Gasteiger charge is -2.02. The van der Waals surface area contributed by atoms with Crippen LogP contribution in [0.2, 0.25) is 5.02 Å². The van der Waals surface area contributed by atoms with Gasteiger partial charge in [0, 0.05) is 0 Å². The summed E-state index contributed by atoms with van der Waals surface area (Å²) in [4.78, 5) is 25.3. The lowest BCUT2D eigenvalue weighted by atomic mass is 10.2. The number of nitrogens with one attached hydrogen (secondary N) is 1. The van der Waals surface area contributed by atoms with Crippen LogP contribution in [0.3, 0.4) is 0 Å². The summed E-state index contributed by atoms with van der Waals surface area (Å²) in [5.74, 6) is -1.70. The topological polar surface area (TPSA) is 88.0 Å². The van der Waals surface area contributed by atoms with Crippen molar-refractivity contribution in [1.29, 1.82) is 0 Å². The summed E-state index contributed by atoms with van der Waals surface area (Å²) < 4.78 is 14.9. The number of benzene rings is 2. The molecule has 0 aliphatic rings. The van der Waals surface area contributed by atoms with Crippen molar-refractivity contribution in [3.63, 3.8) is 0 Å². The van der Waals surface area contributed by atoms with Gasteiger partial charge in [-0.3, -0.25) is 4.98 Å². The highest BCUT2D eigenvalue weighted by atomic mass is 35.5. The molecule has 0 unspecified atom stereocenters. The first-order chi connectivity index (χ1) is 11.0. The summed E-state index contributed by atoms with van der Waals surface area (Å²) in [5.41, 5.74) is -0.181. The zero-order valence-corrected chi connectivity index (χ0v) is 12.2. The summed E-state index contributed by atoms with van der Waals surface area (Å²) in [6, 6.07) is 9.68. The highest BCUT2D eigenvalue weighted by Crippen LogP contribution is 2.27. The summed E-state index contributed by atoms with van der Waals surface area (Å²) in [5, 5.41) is 13.0. The Kier molecular flexibility index (Phi) is 3.71. The van der Waals surface area contributed by atoms with Crippen molar-refractivity contribution in [1.82, 2.24) is 14.8 Å². The van der Waals surface area contributed by atoms with Crippen molar-refractivity contribution in [2.45, 2.75) is 0 Å². The van der Waals surface area contributed by atoms with Crippen LogP contribution >= 0.6 is 11.6 Å². The monoisotopic (exact) mass is 333 g/mol. The molecule has 0 aliphatic carbocycles. The minimum Gasteiger partial charge on any atom is -0.478 e. The van der Waals surface area contributed by atoms with Crippen molar-refractivity contribution >= 4 is 17.6 Å². The quantitative estimate of drug-likeness (QED) is 0.771. The molecule has 6 nitrogen and oxygen atoms in total. The first-order valence-electron chi connectivity index (χ1n) is 6.45. The van der Waals surface area contributed by atoms with Gasteiger partial charge < -0.3 is 5.11 Å². The zero-order chi connectivity index (χ0) is 16.6. The molecule has 3 rings (SSSR count). The van der Waals surface area contributed by atoms with E-state index in [9.17, 15) is 14.0 Å². The number of H-pyrrole nitrogens is 1. The van der Waals surface area contributed by atoms with Crippen LogP contribution < -0.4 is 5.69 Å². The van der Waals surface area contributed by atoms with Gasteiger partial charge in [0.05, 0.1) is 21.8 Å². The van der Waals surface area contributed by atoms with Gasteiger partial charge in [0.15, 0.2) is 5.82 Å². The number of halogens is 2. The van der Waals surface area contributed by atoms with Crippen molar-refractivity contribution in [2.75, 3.05) is 0 Å². The van der Waals surface area contributed by atoms with Crippen molar-refractivity contribution < 1.29 is 14.3 Å². The Bertz CT molecular complexity index is 927. The van der Waals surface area contributed by atoms with E-state index >= 15 is 0 Å². The van der Waals surface area contributed by atoms with Gasteiger partial charge in [0.2, 0.25) is 0 Å². The number of aromatic carboxylic acids is 1. The molecule has 2 N–H and O–H groups in total. The maximum atomic E-state index is 13.9. The van der Waals surface area contributed by atoms with Crippen molar-refractivity contribution in [3.05, 3.63) is 69.4 Å². The molecule has 0 amide bonds. The zero-order valence-electron chi connectivity index (χ0n) is 11.5. The molecule has 0 saturated heterocycles. The number of nitrogens with zero attached hydrogens (tertiary/aromatic N) is 2. The van der Waals surface area contributed by atoms with Crippen LogP contribution in [0.4, 0.5) is 4.39 Å². The van der Waals surface area contributed by atoms with Crippen LogP contribution in [0, 0.1) is 5.82 Å². The van der Waals surface area contributed by atoms with Gasteiger partial charge in [0.1, 0.15) is 5.82 Å². The van der Waals surface area contributed by atoms with Crippen LogP contribution in [-0.4, -0.2) is 25.8 Å². The first-order valence-corrected chi connectivity index (χ1v) is 6.82. The summed E-state index contributed by atoms with van der Waals surface area (Å²) >= 11 is 5.95. The molecule has 2 aromatic carbocycles. The van der Waals surface area contributed by atoms with E-state index in [1.807, 2.05) is 0 Å². The maximum absolute atomic E-state index is 13.9. The van der Waals surface area contributed by atoms with E-state index in [4.69, 9.17) is 16.7 Å². The van der Waals surface area contributed by atoms with Gasteiger partial charge in [-0.2, -0.15) is 4.68 Å². The second-order valence-electron chi connectivity index (χ2n) is 4.64. The molecule has 0 spiro atoms. The lowest BCUT2D eigenvalue weighted by Crippen LogP contribution is -2.15. The summed E-state index contributed by atoms with van der Waals surface area (Å²) in [6.45, 7) is 0. The van der Waals surface area contributed by atoms with Gasteiger partial charge in [-0.15, -0.1) is 5.10 Å². The van der Waals surface area contributed by atoms with E-state index in [0.717, 1.165) is 4.68 Å². The van der Waals surface area contributed by atoms with Crippen LogP contribution in [-0.2, 0) is 0 Å². The Hall–Kier alpha value is -2.93. The third-order valence-electron chi connectivity index (χ3n) is 3.18. The van der Waals surface area contributed by atoms with Gasteiger partial charge in [0.25, 0.3) is 0 Å². The average Bonchev–Trinajstić information content (AvgIpc) is 2.89. The number of carboxylic acid groups (broad SMARTS) is 1. The largest absolute Gasteiger partial charge is 0.478 e. The molecule has 0 aliphatic heterocycles. The molecule has 0 fully saturated rings. The minimum atomic E-state index is -1.08. The van der Waals surface area contributed by atoms with Gasteiger partial charge in [-0.05, 0) is 36.4 Å². The first kappa shape index (κ1) is 15.0. The van der Waals surface area contributed by atoms with Crippen LogP contribution in [0.1, 0.15) is 10.4 Å². The molecule has 116 valence electrons. The van der Waals surface area contributed by atoms with E-state index in [1.165, 1.54) is 42.5 Å². The van der Waals surface area contributed by atoms with Crippen LogP contribution in [0.25, 0.3) is 17.1 Å². The van der Waals surface area contributed by atoms with E-state index in [0.29, 0.717) is 5.69 Å². The Morgan fingerprint density at radius 2 is 1.91 bits per heavy atom. The number of carboxylic acids is 1. The van der Waals surface area contributed by atoms with Gasteiger partial charge in [-0.25, -0.2) is 14.0 Å². The summed E-state index contributed by atoms with van der Waals surface area (Å²) in [7, 11) is 0. The normalized spacial score (nSPS) is 10.7. The number of hydrogen-bond acceptors (Lipinski definition) is 3. The van der Waals surface area contributed by atoms with E-state index in [1.54, 1.807) is 0 Å². The van der Waals surface area contributed by atoms with E-state index in [2.05, 4.69) is 10.1 Å². The molecule has 3 aromatic rings. The highest BCUT2D eigenvalue weighted by Gasteiger charge is 2.16. The Balaban J connectivity index is 2.08. The predicted octanol–water partition coefficient (Wildman–Crippen LogP) is 2.72. The second-order valence-corrected chi connectivity index (χ2v) is 5.05. The Morgan fingerprint density at radius 1 is 1.22 bits per heavy atom. The SMILES string of the molecule is O=C(O)c1ccc(-n2nc(-c3c(F)cccc3Cl)[nH]c2=O)cc1. The van der Waals surface area contributed by atoms with E-state index < -0.39 is 17.5 Å². The molecule has 8 heteroatoms. The molecular formula is C15H9ClFN3O3. The molecule has 0 bridgehead atoms. The third-order valence-corrected chi connectivity index (χ3v) is 3.49. The smallest absolute Gasteiger partial charge is 0.348 e. The predicted molar refractivity (Wildman–Crippen MR) is 81.5 cm³/mol. The molecule has 1 heterocycles. The molecule has 23 heavy (non-hydrogen) atoms. The van der Waals surface area contributed by atoms with Crippen LogP contribution in [0.5, 0.6) is 0 Å². The lowest BCUT2D eigenvalue weighted by molar-refractivity contribution is 0.0697. The van der Waals surface area contributed by atoms with Crippen LogP contribution in [0.15, 0.2) is 47.3 Å². The summed E-state index contributed by atoms with van der Waals surface area (Å²) in [6.07, 6.45) is 0. The van der Waals surface area contributed by atoms with Gasteiger partial charge >= 0.3 is 11.7 Å². The fraction of sp³-hybridized carbons (Fsp3) is 0. The Morgan fingerprint density at radius 3 is 2.52 bits per heavy atom. The number of aromatic nitrogens is 3. The fourth-order valence-electron chi connectivity index (χ4n) is 2.08. The number of hydrogen-bond donors (Lipinski definition) is 2. The third kappa shape index (κ3) is 2.74. The molecular weight excluding hydrogens is 325 g/mol. The van der Waals surface area contributed by atoms with Gasteiger partial charge in [-0.1, -0.05) is 17.7 Å². The van der Waals surface area contributed by atoms with Crippen molar-refractivity contribution in [2.24, 2.45) is 0 Å². The highest BCUT2D eigenvalue weighted by molar-refractivity contribution is 6.33. The Labute approximate surface area is 133 Å². The fourth-order valence-corrected chi connectivity index (χ4v) is 2.33. The standard InChI is InChI=1S/C15H9ClFN3O3/c16-10-2-1-3-11(17)12(10)13-18-15(23)20(19-13)9-6-4-8(5-7-9)14(21)22/h1-7H,(H,21,22)(H,18,19,23).